The maximum Gasteiger partial charge on any atom is 0.0279 e. The molecule has 2 aliphatic rings. The molecule has 0 N–H and O–H groups in total. The molecular formula is C52H40S. The van der Waals surface area contributed by atoms with Crippen molar-refractivity contribution in [1.82, 2.24) is 0 Å². The molecule has 0 saturated heterocycles. The summed E-state index contributed by atoms with van der Waals surface area (Å²) >= 11 is 1.90. The Morgan fingerprint density at radius 2 is 0.868 bits per heavy atom. The van der Waals surface area contributed by atoms with Gasteiger partial charge in [0.05, 0.1) is 0 Å². The normalized spacial score (nSPS) is 15.4. The Morgan fingerprint density at radius 3 is 1.47 bits per heavy atom. The fraction of sp³-hybridized carbons (Fsp3) is 0.0769. The first kappa shape index (κ1) is 33.0. The average molecular weight is 697 g/mol. The topological polar surface area (TPSA) is 0 Å². The Hall–Kier alpha value is -5.89. The minimum Gasteiger partial charge on any atom is -0.0881 e. The second kappa shape index (κ2) is 13.6. The van der Waals surface area contributed by atoms with Gasteiger partial charge in [0.25, 0.3) is 0 Å². The van der Waals surface area contributed by atoms with E-state index in [1.807, 2.05) is 11.8 Å². The maximum absolute atomic E-state index is 2.40. The van der Waals surface area contributed by atoms with E-state index in [0.29, 0.717) is 0 Å². The lowest BCUT2D eigenvalue weighted by molar-refractivity contribution is 1.44. The van der Waals surface area contributed by atoms with Crippen molar-refractivity contribution < 1.29 is 0 Å². The highest BCUT2D eigenvalue weighted by Crippen LogP contribution is 2.55. The average Bonchev–Trinajstić information content (AvgIpc) is 3.52. The van der Waals surface area contributed by atoms with Gasteiger partial charge in [-0.05, 0) is 100 Å². The van der Waals surface area contributed by atoms with E-state index in [0.717, 1.165) is 0 Å². The molecule has 0 spiro atoms. The van der Waals surface area contributed by atoms with E-state index < -0.39 is 0 Å². The zero-order valence-corrected chi connectivity index (χ0v) is 31.4. The van der Waals surface area contributed by atoms with Gasteiger partial charge in [-0.1, -0.05) is 198 Å². The van der Waals surface area contributed by atoms with Gasteiger partial charge in [-0.15, -0.1) is 0 Å². The quantitative estimate of drug-likeness (QED) is 0.173. The van der Waals surface area contributed by atoms with Crippen LogP contribution >= 0.6 is 11.8 Å². The molecule has 0 amide bonds. The van der Waals surface area contributed by atoms with E-state index in [-0.39, 0.29) is 0 Å². The smallest absolute Gasteiger partial charge is 0.0279 e. The molecule has 1 heterocycles. The van der Waals surface area contributed by atoms with E-state index in [4.69, 9.17) is 0 Å². The van der Waals surface area contributed by atoms with Gasteiger partial charge in [0.15, 0.2) is 0 Å². The lowest BCUT2D eigenvalue weighted by atomic mass is 9.87. The van der Waals surface area contributed by atoms with Crippen molar-refractivity contribution >= 4 is 54.6 Å². The summed E-state index contributed by atoms with van der Waals surface area (Å²) in [5, 5.41) is 2.52. The lowest BCUT2D eigenvalue weighted by Gasteiger charge is -2.27. The molecule has 0 nitrogen and oxygen atoms in total. The van der Waals surface area contributed by atoms with Crippen LogP contribution in [0, 0.1) is 27.7 Å². The molecule has 0 radical (unpaired) electrons. The third-order valence-corrected chi connectivity index (χ3v) is 11.8. The van der Waals surface area contributed by atoms with Crippen LogP contribution in [-0.2, 0) is 0 Å². The Morgan fingerprint density at radius 1 is 0.377 bits per heavy atom. The summed E-state index contributed by atoms with van der Waals surface area (Å²) in [4.78, 5) is 2.53. The number of hydrogen-bond acceptors (Lipinski definition) is 1. The molecule has 53 heavy (non-hydrogen) atoms. The summed E-state index contributed by atoms with van der Waals surface area (Å²) in [6, 6.07) is 58.6. The molecule has 0 atom stereocenters. The monoisotopic (exact) mass is 696 g/mol. The van der Waals surface area contributed by atoms with Gasteiger partial charge in [0.2, 0.25) is 0 Å². The van der Waals surface area contributed by atoms with Gasteiger partial charge in [-0.3, -0.25) is 0 Å². The Labute approximate surface area is 317 Å². The van der Waals surface area contributed by atoms with Crippen molar-refractivity contribution in [3.63, 3.8) is 0 Å². The first-order chi connectivity index (χ1) is 25.9. The van der Waals surface area contributed by atoms with Gasteiger partial charge >= 0.3 is 0 Å². The van der Waals surface area contributed by atoms with Crippen molar-refractivity contribution in [1.29, 1.82) is 0 Å². The standard InChI is InChI=1S/C52H40S/c1-33-13-21-38(22-14-33)48-44-12-8-7-11-43(44)45(49(48)39-23-15-34(2)16-24-39)31-32-47-51-42-10-6-5-9-37(42)29-30-46(51)50(40-25-17-35(3)18-26-40)52(53-47)41-27-19-36(4)20-28-41/h5-32H,1-4H3/b45-31-,47-32+. The Balaban J connectivity index is 1.32. The summed E-state index contributed by atoms with van der Waals surface area (Å²) < 4.78 is 0. The van der Waals surface area contributed by atoms with Crippen LogP contribution in [0.15, 0.2) is 170 Å². The van der Waals surface area contributed by atoms with E-state index in [9.17, 15) is 0 Å². The number of thioether (sulfide) groups is 1. The van der Waals surface area contributed by atoms with Crippen LogP contribution in [0.25, 0.3) is 42.9 Å². The predicted octanol–water partition coefficient (Wildman–Crippen LogP) is 14.1. The fourth-order valence-electron chi connectivity index (χ4n) is 7.82. The van der Waals surface area contributed by atoms with Crippen molar-refractivity contribution in [2.75, 3.05) is 0 Å². The van der Waals surface area contributed by atoms with Gasteiger partial charge < -0.3 is 0 Å². The Bertz CT molecular complexity index is 2660. The molecule has 254 valence electrons. The van der Waals surface area contributed by atoms with Crippen LogP contribution in [-0.4, -0.2) is 0 Å². The van der Waals surface area contributed by atoms with Gasteiger partial charge in [-0.2, -0.15) is 0 Å². The molecule has 9 rings (SSSR count). The third-order valence-electron chi connectivity index (χ3n) is 10.6. The molecule has 0 bridgehead atoms. The van der Waals surface area contributed by atoms with Crippen molar-refractivity contribution in [3.8, 4) is 0 Å². The molecule has 7 aromatic carbocycles. The second-order valence-electron chi connectivity index (χ2n) is 14.4. The number of allylic oxidation sites excluding steroid dienone is 4. The minimum absolute atomic E-state index is 1.23. The van der Waals surface area contributed by atoms with E-state index in [1.165, 1.54) is 110 Å². The fourth-order valence-corrected chi connectivity index (χ4v) is 9.09. The number of rotatable bonds is 5. The van der Waals surface area contributed by atoms with Crippen molar-refractivity contribution in [2.24, 2.45) is 0 Å². The zero-order chi connectivity index (χ0) is 36.1. The summed E-state index contributed by atoms with van der Waals surface area (Å²) in [6.45, 7) is 8.65. The van der Waals surface area contributed by atoms with Crippen LogP contribution < -0.4 is 0 Å². The van der Waals surface area contributed by atoms with Crippen molar-refractivity contribution in [3.05, 3.63) is 237 Å². The van der Waals surface area contributed by atoms with Gasteiger partial charge in [0, 0.05) is 20.9 Å². The number of aryl methyl sites for hydroxylation is 4. The molecule has 0 aromatic heterocycles. The molecule has 0 saturated carbocycles. The number of fused-ring (bicyclic) bond motifs is 4. The van der Waals surface area contributed by atoms with E-state index in [1.54, 1.807) is 0 Å². The lowest BCUT2D eigenvalue weighted by Crippen LogP contribution is -2.03. The highest BCUT2D eigenvalue weighted by molar-refractivity contribution is 8.17. The number of benzene rings is 7. The van der Waals surface area contributed by atoms with Crippen LogP contribution in [0.4, 0.5) is 0 Å². The molecule has 1 aliphatic heterocycles. The molecule has 0 fully saturated rings. The number of hydrogen-bond donors (Lipinski definition) is 0. The molecule has 1 heteroatoms. The predicted molar refractivity (Wildman–Crippen MR) is 230 cm³/mol. The first-order valence-corrected chi connectivity index (χ1v) is 19.2. The van der Waals surface area contributed by atoms with Crippen LogP contribution in [0.1, 0.15) is 66.8 Å². The zero-order valence-electron chi connectivity index (χ0n) is 30.6. The molecule has 0 unspecified atom stereocenters. The van der Waals surface area contributed by atoms with E-state index in [2.05, 4.69) is 198 Å². The maximum atomic E-state index is 2.40. The largest absolute Gasteiger partial charge is 0.0881 e. The molecular weight excluding hydrogens is 657 g/mol. The Kier molecular flexibility index (Phi) is 8.45. The summed E-state index contributed by atoms with van der Waals surface area (Å²) in [5.74, 6) is 0. The summed E-state index contributed by atoms with van der Waals surface area (Å²) in [6.07, 6.45) is 4.79. The molecule has 1 aliphatic carbocycles. The van der Waals surface area contributed by atoms with Crippen LogP contribution in [0.5, 0.6) is 0 Å². The van der Waals surface area contributed by atoms with Crippen molar-refractivity contribution in [2.45, 2.75) is 27.7 Å². The summed E-state index contributed by atoms with van der Waals surface area (Å²) in [7, 11) is 0. The van der Waals surface area contributed by atoms with Gasteiger partial charge in [0.1, 0.15) is 0 Å². The first-order valence-electron chi connectivity index (χ1n) is 18.4. The highest BCUT2D eigenvalue weighted by atomic mass is 32.2. The SMILES string of the molecule is Cc1ccc(C2=C(c3ccc(C)cc3)c3ccc4ccccc4c3/C(=C\C=C3/C(c4ccc(C)cc4)=C(c4ccc(C)cc4)c4ccccc43)S2)cc1. The van der Waals surface area contributed by atoms with Gasteiger partial charge in [-0.25, -0.2) is 0 Å². The van der Waals surface area contributed by atoms with Crippen LogP contribution in [0.2, 0.25) is 0 Å². The second-order valence-corrected chi connectivity index (χ2v) is 15.4. The van der Waals surface area contributed by atoms with E-state index >= 15 is 0 Å². The highest BCUT2D eigenvalue weighted by Gasteiger charge is 2.30. The summed E-state index contributed by atoms with van der Waals surface area (Å²) in [5.41, 5.74) is 20.2. The third kappa shape index (κ3) is 6.02. The van der Waals surface area contributed by atoms with Crippen LogP contribution in [0.3, 0.4) is 0 Å². The minimum atomic E-state index is 1.23. The molecule has 7 aromatic rings.